The third-order valence-electron chi connectivity index (χ3n) is 3.00. The smallest absolute Gasteiger partial charge is 0.124 e. The van der Waals surface area contributed by atoms with Crippen molar-refractivity contribution in [3.8, 4) is 5.75 Å². The molecule has 0 aliphatic rings. The predicted octanol–water partition coefficient (Wildman–Crippen LogP) is 4.17. The molecule has 4 heteroatoms. The molecule has 2 rings (SSSR count). The standard InChI is InChI=1S/C17H21BrN2O/c1-13(2)8-19-10-15-5-3-4-6-17(15)21-12-14-7-16(18)11-20-9-14/h3-7,9,11,13,19H,8,10,12H2,1-2H3. The molecule has 3 nitrogen and oxygen atoms in total. The van der Waals surface area contributed by atoms with Gasteiger partial charge >= 0.3 is 0 Å². The lowest BCUT2D eigenvalue weighted by Crippen LogP contribution is -2.19. The van der Waals surface area contributed by atoms with Crippen molar-refractivity contribution in [3.63, 3.8) is 0 Å². The fraction of sp³-hybridized carbons (Fsp3) is 0.353. The van der Waals surface area contributed by atoms with E-state index in [4.69, 9.17) is 4.74 Å². The fourth-order valence-corrected chi connectivity index (χ4v) is 2.39. The van der Waals surface area contributed by atoms with Crippen molar-refractivity contribution in [2.75, 3.05) is 6.54 Å². The van der Waals surface area contributed by atoms with Crippen molar-refractivity contribution < 1.29 is 4.74 Å². The average Bonchev–Trinajstić information content (AvgIpc) is 2.46. The second-order valence-electron chi connectivity index (χ2n) is 5.43. The number of hydrogen-bond donors (Lipinski definition) is 1. The van der Waals surface area contributed by atoms with Crippen LogP contribution in [0.3, 0.4) is 0 Å². The van der Waals surface area contributed by atoms with Crippen molar-refractivity contribution >= 4 is 15.9 Å². The van der Waals surface area contributed by atoms with Crippen LogP contribution >= 0.6 is 15.9 Å². The summed E-state index contributed by atoms with van der Waals surface area (Å²) in [5, 5.41) is 3.45. The molecule has 1 aromatic carbocycles. The van der Waals surface area contributed by atoms with Crippen LogP contribution < -0.4 is 10.1 Å². The maximum Gasteiger partial charge on any atom is 0.124 e. The summed E-state index contributed by atoms with van der Waals surface area (Å²) in [5.74, 6) is 1.57. The number of halogens is 1. The fourth-order valence-electron chi connectivity index (χ4n) is 1.98. The predicted molar refractivity (Wildman–Crippen MR) is 89.3 cm³/mol. The van der Waals surface area contributed by atoms with Crippen LogP contribution in [0.2, 0.25) is 0 Å². The number of rotatable bonds is 7. The Morgan fingerprint density at radius 3 is 2.81 bits per heavy atom. The monoisotopic (exact) mass is 348 g/mol. The Bertz CT molecular complexity index is 572. The molecule has 0 bridgehead atoms. The van der Waals surface area contributed by atoms with Gasteiger partial charge in [-0.3, -0.25) is 4.98 Å². The van der Waals surface area contributed by atoms with Gasteiger partial charge in [-0.25, -0.2) is 0 Å². The average molecular weight is 349 g/mol. The van der Waals surface area contributed by atoms with Crippen LogP contribution in [0.15, 0.2) is 47.2 Å². The van der Waals surface area contributed by atoms with Crippen molar-refractivity contribution in [1.82, 2.24) is 10.3 Å². The number of aromatic nitrogens is 1. The van der Waals surface area contributed by atoms with E-state index in [1.165, 1.54) is 5.56 Å². The van der Waals surface area contributed by atoms with Crippen LogP contribution in [0.5, 0.6) is 5.75 Å². The van der Waals surface area contributed by atoms with E-state index in [-0.39, 0.29) is 0 Å². The molecule has 1 aromatic heterocycles. The van der Waals surface area contributed by atoms with E-state index in [0.29, 0.717) is 12.5 Å². The molecule has 112 valence electrons. The van der Waals surface area contributed by atoms with E-state index in [9.17, 15) is 0 Å². The van der Waals surface area contributed by atoms with Gasteiger partial charge in [0.15, 0.2) is 0 Å². The summed E-state index contributed by atoms with van der Waals surface area (Å²) in [6.07, 6.45) is 3.59. The summed E-state index contributed by atoms with van der Waals surface area (Å²) < 4.78 is 6.90. The van der Waals surface area contributed by atoms with Crippen molar-refractivity contribution in [3.05, 3.63) is 58.3 Å². The highest BCUT2D eigenvalue weighted by molar-refractivity contribution is 9.10. The zero-order valence-electron chi connectivity index (χ0n) is 12.5. The van der Waals surface area contributed by atoms with Gasteiger partial charge in [0.25, 0.3) is 0 Å². The van der Waals surface area contributed by atoms with Crippen LogP contribution in [0.25, 0.3) is 0 Å². The number of nitrogens with one attached hydrogen (secondary N) is 1. The van der Waals surface area contributed by atoms with E-state index in [1.54, 1.807) is 6.20 Å². The van der Waals surface area contributed by atoms with Gasteiger partial charge in [0.1, 0.15) is 12.4 Å². The Balaban J connectivity index is 1.96. The number of nitrogens with zero attached hydrogens (tertiary/aromatic N) is 1. The van der Waals surface area contributed by atoms with Crippen LogP contribution in [-0.4, -0.2) is 11.5 Å². The molecule has 0 aliphatic carbocycles. The molecule has 0 radical (unpaired) electrons. The number of pyridine rings is 1. The normalized spacial score (nSPS) is 10.9. The van der Waals surface area contributed by atoms with E-state index < -0.39 is 0 Å². The minimum absolute atomic E-state index is 0.521. The molecule has 1 N–H and O–H groups in total. The third kappa shape index (κ3) is 5.48. The van der Waals surface area contributed by atoms with Crippen molar-refractivity contribution in [1.29, 1.82) is 0 Å². The topological polar surface area (TPSA) is 34.1 Å². The van der Waals surface area contributed by atoms with E-state index in [1.807, 2.05) is 30.5 Å². The minimum atomic E-state index is 0.521. The Morgan fingerprint density at radius 1 is 1.24 bits per heavy atom. The lowest BCUT2D eigenvalue weighted by atomic mass is 10.2. The first-order chi connectivity index (χ1) is 10.1. The largest absolute Gasteiger partial charge is 0.489 e. The Hall–Kier alpha value is -1.39. The third-order valence-corrected chi connectivity index (χ3v) is 3.43. The highest BCUT2D eigenvalue weighted by Crippen LogP contribution is 2.20. The molecule has 0 aliphatic heterocycles. The quantitative estimate of drug-likeness (QED) is 0.815. The van der Waals surface area contributed by atoms with E-state index in [0.717, 1.165) is 28.9 Å². The summed E-state index contributed by atoms with van der Waals surface area (Å²) >= 11 is 3.42. The van der Waals surface area contributed by atoms with Gasteiger partial charge in [0, 0.05) is 34.5 Å². The van der Waals surface area contributed by atoms with Crippen molar-refractivity contribution in [2.24, 2.45) is 5.92 Å². The molecule has 0 spiro atoms. The lowest BCUT2D eigenvalue weighted by Gasteiger charge is -2.13. The van der Waals surface area contributed by atoms with Gasteiger partial charge < -0.3 is 10.1 Å². The zero-order chi connectivity index (χ0) is 15.1. The Labute approximate surface area is 134 Å². The van der Waals surface area contributed by atoms with Gasteiger partial charge in [-0.1, -0.05) is 32.0 Å². The summed E-state index contributed by atoms with van der Waals surface area (Å²) in [7, 11) is 0. The molecule has 1 heterocycles. The van der Waals surface area contributed by atoms with E-state index in [2.05, 4.69) is 46.1 Å². The molecule has 21 heavy (non-hydrogen) atoms. The first kappa shape index (κ1) is 16.0. The SMILES string of the molecule is CC(C)CNCc1ccccc1OCc1cncc(Br)c1. The first-order valence-corrected chi connectivity index (χ1v) is 7.95. The van der Waals surface area contributed by atoms with Gasteiger partial charge in [-0.05, 0) is 40.5 Å². The molecule has 2 aromatic rings. The molecule has 0 unspecified atom stereocenters. The number of benzene rings is 1. The summed E-state index contributed by atoms with van der Waals surface area (Å²) in [5.41, 5.74) is 2.23. The number of hydrogen-bond acceptors (Lipinski definition) is 3. The highest BCUT2D eigenvalue weighted by Gasteiger charge is 2.04. The van der Waals surface area contributed by atoms with Crippen LogP contribution in [-0.2, 0) is 13.2 Å². The lowest BCUT2D eigenvalue weighted by molar-refractivity contribution is 0.301. The van der Waals surface area contributed by atoms with Crippen LogP contribution in [0.4, 0.5) is 0 Å². The Morgan fingerprint density at radius 2 is 2.05 bits per heavy atom. The van der Waals surface area contributed by atoms with Crippen molar-refractivity contribution in [2.45, 2.75) is 27.0 Å². The number of para-hydroxylation sites is 1. The first-order valence-electron chi connectivity index (χ1n) is 7.16. The maximum atomic E-state index is 5.93. The number of ether oxygens (including phenoxy) is 1. The van der Waals surface area contributed by atoms with Gasteiger partial charge in [-0.2, -0.15) is 0 Å². The molecule has 0 atom stereocenters. The van der Waals surface area contributed by atoms with Gasteiger partial charge in [-0.15, -0.1) is 0 Å². The van der Waals surface area contributed by atoms with Crippen LogP contribution in [0.1, 0.15) is 25.0 Å². The Kier molecular flexibility index (Phi) is 6.21. The molecular formula is C17H21BrN2O. The molecule has 0 fully saturated rings. The molecule has 0 saturated carbocycles. The molecular weight excluding hydrogens is 328 g/mol. The highest BCUT2D eigenvalue weighted by atomic mass is 79.9. The van der Waals surface area contributed by atoms with Gasteiger partial charge in [0.2, 0.25) is 0 Å². The molecule has 0 amide bonds. The second-order valence-corrected chi connectivity index (χ2v) is 6.35. The second kappa shape index (κ2) is 8.15. The summed E-state index contributed by atoms with van der Waals surface area (Å²) in [4.78, 5) is 4.15. The summed E-state index contributed by atoms with van der Waals surface area (Å²) in [6.45, 7) is 6.76. The van der Waals surface area contributed by atoms with Crippen LogP contribution in [0, 0.1) is 5.92 Å². The zero-order valence-corrected chi connectivity index (χ0v) is 14.1. The summed E-state index contributed by atoms with van der Waals surface area (Å²) in [6, 6.07) is 10.2. The minimum Gasteiger partial charge on any atom is -0.489 e. The van der Waals surface area contributed by atoms with E-state index >= 15 is 0 Å². The maximum absolute atomic E-state index is 5.93. The molecule has 0 saturated heterocycles. The van der Waals surface area contributed by atoms with Gasteiger partial charge in [0.05, 0.1) is 0 Å².